The van der Waals surface area contributed by atoms with E-state index < -0.39 is 5.54 Å². The Morgan fingerprint density at radius 1 is 1.50 bits per heavy atom. The van der Waals surface area contributed by atoms with E-state index in [-0.39, 0.29) is 5.91 Å². The molecule has 0 unspecified atom stereocenters. The molecule has 1 aromatic rings. The normalized spacial score (nSPS) is 27.6. The Bertz CT molecular complexity index is 497. The Kier molecular flexibility index (Phi) is 3.50. The first kappa shape index (κ1) is 13.5. The van der Waals surface area contributed by atoms with Crippen LogP contribution in [0.4, 0.5) is 0 Å². The minimum Gasteiger partial charge on any atom is -0.353 e. The van der Waals surface area contributed by atoms with Gasteiger partial charge in [0, 0.05) is 19.0 Å². The van der Waals surface area contributed by atoms with Gasteiger partial charge < -0.3 is 9.84 Å². The summed E-state index contributed by atoms with van der Waals surface area (Å²) in [5.41, 5.74) is -0.465. The SMILES string of the molecule is CCC[C@@]1(C)C(=O)NCCN1Cc1noc(C2CC2)n1. The predicted molar refractivity (Wildman–Crippen MR) is 73.0 cm³/mol. The molecule has 1 saturated heterocycles. The summed E-state index contributed by atoms with van der Waals surface area (Å²) in [6.07, 6.45) is 4.12. The number of amides is 1. The molecule has 1 atom stereocenters. The van der Waals surface area contributed by atoms with Crippen molar-refractivity contribution in [3.05, 3.63) is 11.7 Å². The molecule has 3 rings (SSSR count). The van der Waals surface area contributed by atoms with Crippen LogP contribution in [-0.2, 0) is 11.3 Å². The summed E-state index contributed by atoms with van der Waals surface area (Å²) in [7, 11) is 0. The van der Waals surface area contributed by atoms with Gasteiger partial charge in [0.2, 0.25) is 11.8 Å². The van der Waals surface area contributed by atoms with E-state index in [1.807, 2.05) is 6.92 Å². The summed E-state index contributed by atoms with van der Waals surface area (Å²) < 4.78 is 5.30. The molecular weight excluding hydrogens is 256 g/mol. The fraction of sp³-hybridized carbons (Fsp3) is 0.786. The van der Waals surface area contributed by atoms with Gasteiger partial charge in [-0.05, 0) is 26.2 Å². The van der Waals surface area contributed by atoms with Gasteiger partial charge in [-0.25, -0.2) is 0 Å². The van der Waals surface area contributed by atoms with Crippen molar-refractivity contribution in [2.75, 3.05) is 13.1 Å². The predicted octanol–water partition coefficient (Wildman–Crippen LogP) is 1.44. The van der Waals surface area contributed by atoms with E-state index in [2.05, 4.69) is 27.3 Å². The minimum absolute atomic E-state index is 0.108. The Balaban J connectivity index is 1.74. The lowest BCUT2D eigenvalue weighted by Crippen LogP contribution is -2.62. The van der Waals surface area contributed by atoms with Crippen LogP contribution in [0.25, 0.3) is 0 Å². The molecule has 0 spiro atoms. The summed E-state index contributed by atoms with van der Waals surface area (Å²) in [5.74, 6) is 2.04. The van der Waals surface area contributed by atoms with Gasteiger partial charge in [0.05, 0.1) is 12.1 Å². The average molecular weight is 278 g/mol. The number of rotatable bonds is 5. The number of carbonyl (C=O) groups is 1. The maximum atomic E-state index is 12.2. The molecule has 2 heterocycles. The monoisotopic (exact) mass is 278 g/mol. The largest absolute Gasteiger partial charge is 0.353 e. The van der Waals surface area contributed by atoms with E-state index in [0.717, 1.165) is 38.1 Å². The Hall–Kier alpha value is -1.43. The lowest BCUT2D eigenvalue weighted by Gasteiger charge is -2.43. The van der Waals surface area contributed by atoms with Gasteiger partial charge in [-0.3, -0.25) is 9.69 Å². The highest BCUT2D eigenvalue weighted by atomic mass is 16.5. The van der Waals surface area contributed by atoms with Crippen molar-refractivity contribution in [2.24, 2.45) is 0 Å². The van der Waals surface area contributed by atoms with E-state index in [1.165, 1.54) is 0 Å². The van der Waals surface area contributed by atoms with Crippen LogP contribution in [0.2, 0.25) is 0 Å². The standard InChI is InChI=1S/C14H22N4O2/c1-3-6-14(2)13(19)15-7-8-18(14)9-11-16-12(20-17-11)10-4-5-10/h10H,3-9H2,1-2H3,(H,15,19)/t14-/m0/s1. The van der Waals surface area contributed by atoms with Crippen LogP contribution in [0, 0.1) is 0 Å². The summed E-state index contributed by atoms with van der Waals surface area (Å²) in [5, 5.41) is 7.02. The first-order valence-corrected chi connectivity index (χ1v) is 7.49. The van der Waals surface area contributed by atoms with Crippen LogP contribution in [0.15, 0.2) is 4.52 Å². The van der Waals surface area contributed by atoms with Gasteiger partial charge >= 0.3 is 0 Å². The molecule has 0 radical (unpaired) electrons. The molecule has 2 aliphatic rings. The first-order chi connectivity index (χ1) is 9.63. The number of hydrogen-bond donors (Lipinski definition) is 1. The van der Waals surface area contributed by atoms with Crippen molar-refractivity contribution in [1.82, 2.24) is 20.4 Å². The number of hydrogen-bond acceptors (Lipinski definition) is 5. The van der Waals surface area contributed by atoms with Gasteiger partial charge in [-0.2, -0.15) is 4.98 Å². The van der Waals surface area contributed by atoms with Crippen LogP contribution < -0.4 is 5.32 Å². The lowest BCUT2D eigenvalue weighted by molar-refractivity contribution is -0.137. The molecule has 1 amide bonds. The highest BCUT2D eigenvalue weighted by molar-refractivity contribution is 5.86. The Morgan fingerprint density at radius 2 is 2.30 bits per heavy atom. The number of piperazine rings is 1. The molecule has 1 aliphatic heterocycles. The summed E-state index contributed by atoms with van der Waals surface area (Å²) in [4.78, 5) is 18.9. The Labute approximate surface area is 118 Å². The molecule has 1 aromatic heterocycles. The molecular formula is C14H22N4O2. The van der Waals surface area contributed by atoms with Crippen LogP contribution >= 0.6 is 0 Å². The molecule has 110 valence electrons. The van der Waals surface area contributed by atoms with Gasteiger partial charge in [0.1, 0.15) is 0 Å². The minimum atomic E-state index is -0.465. The van der Waals surface area contributed by atoms with Crippen molar-refractivity contribution < 1.29 is 9.32 Å². The molecule has 1 aliphatic carbocycles. The lowest BCUT2D eigenvalue weighted by atomic mass is 9.90. The fourth-order valence-electron chi connectivity index (χ4n) is 2.90. The van der Waals surface area contributed by atoms with Crippen molar-refractivity contribution in [3.8, 4) is 0 Å². The molecule has 0 aromatic carbocycles. The third-order valence-electron chi connectivity index (χ3n) is 4.33. The molecule has 6 nitrogen and oxygen atoms in total. The smallest absolute Gasteiger partial charge is 0.240 e. The van der Waals surface area contributed by atoms with Crippen molar-refractivity contribution in [3.63, 3.8) is 0 Å². The van der Waals surface area contributed by atoms with E-state index in [0.29, 0.717) is 24.8 Å². The second kappa shape index (κ2) is 5.16. The number of nitrogens with one attached hydrogen (secondary N) is 1. The zero-order valence-corrected chi connectivity index (χ0v) is 12.2. The quantitative estimate of drug-likeness (QED) is 0.882. The third-order valence-corrected chi connectivity index (χ3v) is 4.33. The second-order valence-electron chi connectivity index (χ2n) is 6.02. The zero-order valence-electron chi connectivity index (χ0n) is 12.2. The molecule has 1 N–H and O–H groups in total. The maximum absolute atomic E-state index is 12.2. The maximum Gasteiger partial charge on any atom is 0.240 e. The van der Waals surface area contributed by atoms with Crippen molar-refractivity contribution in [1.29, 1.82) is 0 Å². The summed E-state index contributed by atoms with van der Waals surface area (Å²) in [6, 6.07) is 0. The molecule has 2 fully saturated rings. The highest BCUT2D eigenvalue weighted by Crippen LogP contribution is 2.39. The average Bonchev–Trinajstić information content (AvgIpc) is 3.17. The van der Waals surface area contributed by atoms with Crippen molar-refractivity contribution >= 4 is 5.91 Å². The number of aromatic nitrogens is 2. The van der Waals surface area contributed by atoms with Crippen LogP contribution in [0.3, 0.4) is 0 Å². The highest BCUT2D eigenvalue weighted by Gasteiger charge is 2.41. The first-order valence-electron chi connectivity index (χ1n) is 7.49. The van der Waals surface area contributed by atoms with Crippen LogP contribution in [0.1, 0.15) is 57.2 Å². The van der Waals surface area contributed by atoms with E-state index >= 15 is 0 Å². The molecule has 0 bridgehead atoms. The van der Waals surface area contributed by atoms with E-state index in [9.17, 15) is 4.79 Å². The molecule has 1 saturated carbocycles. The van der Waals surface area contributed by atoms with Crippen LogP contribution in [0.5, 0.6) is 0 Å². The van der Waals surface area contributed by atoms with Crippen LogP contribution in [-0.4, -0.2) is 39.6 Å². The molecule has 20 heavy (non-hydrogen) atoms. The number of carbonyl (C=O) groups excluding carboxylic acids is 1. The topological polar surface area (TPSA) is 71.3 Å². The molecule has 6 heteroatoms. The van der Waals surface area contributed by atoms with E-state index in [1.54, 1.807) is 0 Å². The van der Waals surface area contributed by atoms with E-state index in [4.69, 9.17) is 4.52 Å². The van der Waals surface area contributed by atoms with Gasteiger partial charge in [-0.1, -0.05) is 18.5 Å². The summed E-state index contributed by atoms with van der Waals surface area (Å²) >= 11 is 0. The summed E-state index contributed by atoms with van der Waals surface area (Å²) in [6.45, 7) is 6.21. The van der Waals surface area contributed by atoms with Gasteiger partial charge in [-0.15, -0.1) is 0 Å². The van der Waals surface area contributed by atoms with Gasteiger partial charge in [0.15, 0.2) is 5.82 Å². The Morgan fingerprint density at radius 3 is 3.00 bits per heavy atom. The zero-order chi connectivity index (χ0) is 14.2. The van der Waals surface area contributed by atoms with Gasteiger partial charge in [0.25, 0.3) is 0 Å². The third kappa shape index (κ3) is 2.44. The second-order valence-corrected chi connectivity index (χ2v) is 6.02. The number of nitrogens with zero attached hydrogens (tertiary/aromatic N) is 3. The van der Waals surface area contributed by atoms with Crippen molar-refractivity contribution in [2.45, 2.75) is 57.5 Å². The fourth-order valence-corrected chi connectivity index (χ4v) is 2.90.